The van der Waals surface area contributed by atoms with Gasteiger partial charge in [-0.25, -0.2) is 0 Å². The molecule has 0 unspecified atom stereocenters. The zero-order chi connectivity index (χ0) is 17.2. The molecule has 1 aromatic heterocycles. The van der Waals surface area contributed by atoms with Gasteiger partial charge in [-0.2, -0.15) is 0 Å². The Labute approximate surface area is 146 Å². The molecule has 2 heterocycles. The monoisotopic (exact) mass is 332 g/mol. The van der Waals surface area contributed by atoms with Gasteiger partial charge in [0.25, 0.3) is 5.91 Å². The molecule has 4 nitrogen and oxygen atoms in total. The van der Waals surface area contributed by atoms with Crippen molar-refractivity contribution in [2.45, 2.75) is 25.8 Å². The fourth-order valence-corrected chi connectivity index (χ4v) is 3.58. The SMILES string of the molecule is O=C(NCCc1ccccc1)c1cn2c3c(cccc3c1=O)CCC2. The number of aryl methyl sites for hydroxylation is 2. The molecular formula is C21H20N2O2. The molecule has 0 bridgehead atoms. The predicted molar refractivity (Wildman–Crippen MR) is 99.0 cm³/mol. The first-order chi connectivity index (χ1) is 12.2. The Morgan fingerprint density at radius 2 is 1.92 bits per heavy atom. The van der Waals surface area contributed by atoms with Crippen molar-refractivity contribution in [2.75, 3.05) is 6.54 Å². The van der Waals surface area contributed by atoms with Crippen molar-refractivity contribution in [1.29, 1.82) is 0 Å². The van der Waals surface area contributed by atoms with Crippen molar-refractivity contribution < 1.29 is 4.79 Å². The molecule has 1 aliphatic heterocycles. The van der Waals surface area contributed by atoms with Crippen LogP contribution in [-0.4, -0.2) is 17.0 Å². The Morgan fingerprint density at radius 3 is 2.76 bits per heavy atom. The Balaban J connectivity index is 1.60. The lowest BCUT2D eigenvalue weighted by molar-refractivity contribution is 0.0952. The van der Waals surface area contributed by atoms with E-state index in [2.05, 4.69) is 16.0 Å². The number of nitrogens with zero attached hydrogens (tertiary/aromatic N) is 1. The van der Waals surface area contributed by atoms with Crippen molar-refractivity contribution >= 4 is 16.8 Å². The van der Waals surface area contributed by atoms with Crippen LogP contribution in [0.2, 0.25) is 0 Å². The third-order valence-corrected chi connectivity index (χ3v) is 4.81. The summed E-state index contributed by atoms with van der Waals surface area (Å²) in [5.74, 6) is -0.289. The van der Waals surface area contributed by atoms with Gasteiger partial charge in [0, 0.05) is 24.7 Å². The van der Waals surface area contributed by atoms with Crippen LogP contribution in [0.15, 0.2) is 59.5 Å². The van der Waals surface area contributed by atoms with Crippen LogP contribution in [0.4, 0.5) is 0 Å². The van der Waals surface area contributed by atoms with Crippen LogP contribution in [0.3, 0.4) is 0 Å². The van der Waals surface area contributed by atoms with Crippen LogP contribution in [-0.2, 0) is 19.4 Å². The molecule has 4 heteroatoms. The molecule has 2 aromatic carbocycles. The minimum atomic E-state index is -0.289. The van der Waals surface area contributed by atoms with Gasteiger partial charge >= 0.3 is 0 Å². The van der Waals surface area contributed by atoms with Gasteiger partial charge < -0.3 is 9.88 Å². The fraction of sp³-hybridized carbons (Fsp3) is 0.238. The standard InChI is InChI=1S/C21H20N2O2/c24-20-17-10-4-8-16-9-5-13-23(19(16)17)14-18(20)21(25)22-12-11-15-6-2-1-3-7-15/h1-4,6-8,10,14H,5,9,11-13H2,(H,22,25). The molecule has 0 saturated heterocycles. The van der Waals surface area contributed by atoms with E-state index in [0.717, 1.165) is 36.9 Å². The summed E-state index contributed by atoms with van der Waals surface area (Å²) >= 11 is 0. The summed E-state index contributed by atoms with van der Waals surface area (Å²) in [5.41, 5.74) is 3.40. The maximum atomic E-state index is 12.8. The van der Waals surface area contributed by atoms with Gasteiger partial charge in [-0.05, 0) is 36.5 Å². The van der Waals surface area contributed by atoms with Crippen LogP contribution in [0, 0.1) is 0 Å². The molecule has 0 aliphatic carbocycles. The van der Waals surface area contributed by atoms with Crippen molar-refractivity contribution in [3.63, 3.8) is 0 Å². The van der Waals surface area contributed by atoms with E-state index in [0.29, 0.717) is 11.9 Å². The van der Waals surface area contributed by atoms with Gasteiger partial charge in [0.2, 0.25) is 5.43 Å². The molecule has 0 spiro atoms. The Hall–Kier alpha value is -2.88. The van der Waals surface area contributed by atoms with E-state index in [1.807, 2.05) is 42.5 Å². The van der Waals surface area contributed by atoms with Crippen LogP contribution in [0.1, 0.15) is 27.9 Å². The summed E-state index contributed by atoms with van der Waals surface area (Å²) in [7, 11) is 0. The topological polar surface area (TPSA) is 51.1 Å². The molecule has 1 amide bonds. The Morgan fingerprint density at radius 1 is 1.08 bits per heavy atom. The number of aromatic nitrogens is 1. The zero-order valence-corrected chi connectivity index (χ0v) is 14.0. The Kier molecular flexibility index (Phi) is 4.10. The van der Waals surface area contributed by atoms with E-state index >= 15 is 0 Å². The highest BCUT2D eigenvalue weighted by atomic mass is 16.2. The summed E-state index contributed by atoms with van der Waals surface area (Å²) in [6.07, 6.45) is 4.49. The molecule has 0 saturated carbocycles. The van der Waals surface area contributed by atoms with E-state index < -0.39 is 0 Å². The zero-order valence-electron chi connectivity index (χ0n) is 14.0. The number of benzene rings is 2. The number of carbonyl (C=O) groups excluding carboxylic acids is 1. The minimum Gasteiger partial charge on any atom is -0.352 e. The second-order valence-corrected chi connectivity index (χ2v) is 6.47. The molecule has 0 radical (unpaired) electrons. The van der Waals surface area contributed by atoms with Gasteiger partial charge in [-0.3, -0.25) is 9.59 Å². The molecule has 3 aromatic rings. The normalized spacial score (nSPS) is 13.0. The smallest absolute Gasteiger partial charge is 0.256 e. The minimum absolute atomic E-state index is 0.174. The van der Waals surface area contributed by atoms with Crippen molar-refractivity contribution in [2.24, 2.45) is 0 Å². The maximum absolute atomic E-state index is 12.8. The van der Waals surface area contributed by atoms with E-state index in [1.54, 1.807) is 6.20 Å². The summed E-state index contributed by atoms with van der Waals surface area (Å²) in [6.45, 7) is 1.36. The lowest BCUT2D eigenvalue weighted by Gasteiger charge is -2.20. The van der Waals surface area contributed by atoms with Gasteiger partial charge in [-0.1, -0.05) is 42.5 Å². The lowest BCUT2D eigenvalue weighted by Crippen LogP contribution is -2.31. The molecular weight excluding hydrogens is 312 g/mol. The fourth-order valence-electron chi connectivity index (χ4n) is 3.58. The molecule has 0 fully saturated rings. The third kappa shape index (κ3) is 2.95. The highest BCUT2D eigenvalue weighted by Crippen LogP contribution is 2.23. The van der Waals surface area contributed by atoms with Crippen molar-refractivity contribution in [3.8, 4) is 0 Å². The first-order valence-electron chi connectivity index (χ1n) is 8.71. The van der Waals surface area contributed by atoms with E-state index in [9.17, 15) is 9.59 Å². The lowest BCUT2D eigenvalue weighted by atomic mass is 10.00. The second-order valence-electron chi connectivity index (χ2n) is 6.47. The van der Waals surface area contributed by atoms with Crippen LogP contribution in [0.25, 0.3) is 10.9 Å². The van der Waals surface area contributed by atoms with Gasteiger partial charge in [0.15, 0.2) is 0 Å². The number of pyridine rings is 1. The predicted octanol–water partition coefficient (Wildman–Crippen LogP) is 2.92. The Bertz CT molecular complexity index is 990. The summed E-state index contributed by atoms with van der Waals surface area (Å²) in [6, 6.07) is 15.8. The summed E-state index contributed by atoms with van der Waals surface area (Å²) in [4.78, 5) is 25.3. The van der Waals surface area contributed by atoms with Gasteiger partial charge in [-0.15, -0.1) is 0 Å². The number of para-hydroxylation sites is 1. The molecule has 126 valence electrons. The largest absolute Gasteiger partial charge is 0.352 e. The number of carbonyl (C=O) groups is 1. The number of amides is 1. The molecule has 1 aliphatic rings. The molecule has 25 heavy (non-hydrogen) atoms. The van der Waals surface area contributed by atoms with E-state index in [-0.39, 0.29) is 16.9 Å². The number of hydrogen-bond acceptors (Lipinski definition) is 2. The average molecular weight is 332 g/mol. The van der Waals surface area contributed by atoms with Gasteiger partial charge in [0.05, 0.1) is 5.52 Å². The van der Waals surface area contributed by atoms with E-state index in [1.165, 1.54) is 5.56 Å². The summed E-state index contributed by atoms with van der Waals surface area (Å²) < 4.78 is 2.06. The molecule has 4 rings (SSSR count). The van der Waals surface area contributed by atoms with Crippen LogP contribution < -0.4 is 10.7 Å². The summed E-state index contributed by atoms with van der Waals surface area (Å²) in [5, 5.41) is 3.53. The first-order valence-corrected chi connectivity index (χ1v) is 8.71. The number of hydrogen-bond donors (Lipinski definition) is 1. The quantitative estimate of drug-likeness (QED) is 0.799. The van der Waals surface area contributed by atoms with Gasteiger partial charge in [0.1, 0.15) is 5.56 Å². The van der Waals surface area contributed by atoms with Crippen LogP contribution in [0.5, 0.6) is 0 Å². The average Bonchev–Trinajstić information content (AvgIpc) is 2.65. The highest BCUT2D eigenvalue weighted by molar-refractivity contribution is 5.97. The third-order valence-electron chi connectivity index (χ3n) is 4.81. The molecule has 1 N–H and O–H groups in total. The molecule has 0 atom stereocenters. The van der Waals surface area contributed by atoms with Crippen molar-refractivity contribution in [1.82, 2.24) is 9.88 Å². The maximum Gasteiger partial charge on any atom is 0.256 e. The second kappa shape index (κ2) is 6.55. The van der Waals surface area contributed by atoms with Crippen LogP contribution >= 0.6 is 0 Å². The number of rotatable bonds is 4. The van der Waals surface area contributed by atoms with Crippen molar-refractivity contribution in [3.05, 3.63) is 81.6 Å². The highest BCUT2D eigenvalue weighted by Gasteiger charge is 2.19. The first kappa shape index (κ1) is 15.6. The van der Waals surface area contributed by atoms with E-state index in [4.69, 9.17) is 0 Å². The number of nitrogens with one attached hydrogen (secondary N) is 1.